The number of rotatable bonds is 5. The van der Waals surface area contributed by atoms with Crippen LogP contribution in [0.2, 0.25) is 0 Å². The third-order valence-electron chi connectivity index (χ3n) is 3.30. The first-order valence-electron chi connectivity index (χ1n) is 7.30. The number of nitrogens with one attached hydrogen (secondary N) is 1. The molecule has 2 aromatic heterocycles. The van der Waals surface area contributed by atoms with Crippen LogP contribution < -0.4 is 10.1 Å². The lowest BCUT2D eigenvalue weighted by molar-refractivity contribution is 0.0950. The van der Waals surface area contributed by atoms with Crippen LogP contribution in [0.1, 0.15) is 23.0 Å². The second-order valence-corrected chi connectivity index (χ2v) is 4.99. The second-order valence-electron chi connectivity index (χ2n) is 4.99. The molecule has 0 saturated heterocycles. The Morgan fingerprint density at radius 1 is 1.30 bits per heavy atom. The van der Waals surface area contributed by atoms with Gasteiger partial charge in [-0.3, -0.25) is 4.79 Å². The number of imidazole rings is 1. The van der Waals surface area contributed by atoms with E-state index in [1.54, 1.807) is 40.9 Å². The summed E-state index contributed by atoms with van der Waals surface area (Å²) in [5.41, 5.74) is 1.81. The molecule has 0 aliphatic carbocycles. The fourth-order valence-corrected chi connectivity index (χ4v) is 2.27. The number of benzene rings is 1. The lowest BCUT2D eigenvalue weighted by Gasteiger charge is -2.06. The van der Waals surface area contributed by atoms with E-state index in [0.29, 0.717) is 29.3 Å². The lowest BCUT2D eigenvalue weighted by atomic mass is 10.2. The van der Waals surface area contributed by atoms with E-state index in [0.717, 1.165) is 0 Å². The number of carbonyl (C=O) groups is 1. The Hall–Kier alpha value is -2.89. The summed E-state index contributed by atoms with van der Waals surface area (Å²) < 4.78 is 20.1. The van der Waals surface area contributed by atoms with Gasteiger partial charge in [-0.05, 0) is 37.3 Å². The summed E-state index contributed by atoms with van der Waals surface area (Å²) in [5, 5.41) is 2.80. The van der Waals surface area contributed by atoms with E-state index in [9.17, 15) is 9.18 Å². The van der Waals surface area contributed by atoms with E-state index in [1.807, 2.05) is 6.92 Å². The van der Waals surface area contributed by atoms with Crippen molar-refractivity contribution in [2.45, 2.75) is 13.5 Å². The van der Waals surface area contributed by atoms with Crippen molar-refractivity contribution in [2.24, 2.45) is 0 Å². The third-order valence-corrected chi connectivity index (χ3v) is 3.30. The number of hydrogen-bond acceptors (Lipinski definition) is 3. The number of carbonyl (C=O) groups excluding carboxylic acids is 1. The normalized spacial score (nSPS) is 10.7. The van der Waals surface area contributed by atoms with Crippen LogP contribution in [0.25, 0.3) is 5.65 Å². The summed E-state index contributed by atoms with van der Waals surface area (Å²) in [6, 6.07) is 9.93. The molecule has 0 bridgehead atoms. The maximum Gasteiger partial charge on any atom is 0.251 e. The number of halogens is 1. The van der Waals surface area contributed by atoms with Gasteiger partial charge in [0.25, 0.3) is 5.91 Å². The number of aromatic nitrogens is 2. The topological polar surface area (TPSA) is 55.6 Å². The van der Waals surface area contributed by atoms with E-state index in [4.69, 9.17) is 4.74 Å². The van der Waals surface area contributed by atoms with Gasteiger partial charge in [0, 0.05) is 18.0 Å². The van der Waals surface area contributed by atoms with Crippen molar-refractivity contribution in [3.8, 4) is 5.75 Å². The molecule has 0 fully saturated rings. The quantitative estimate of drug-likeness (QED) is 0.788. The molecule has 3 rings (SSSR count). The molecule has 0 saturated carbocycles. The predicted octanol–water partition coefficient (Wildman–Crippen LogP) is 2.80. The van der Waals surface area contributed by atoms with Crippen molar-refractivity contribution in [3.05, 3.63) is 65.9 Å². The van der Waals surface area contributed by atoms with Gasteiger partial charge in [-0.1, -0.05) is 6.07 Å². The number of ether oxygens (including phenoxy) is 1. The molecule has 6 heteroatoms. The molecule has 2 heterocycles. The number of amides is 1. The first-order chi connectivity index (χ1) is 11.2. The van der Waals surface area contributed by atoms with Crippen LogP contribution in [0.15, 0.2) is 48.8 Å². The van der Waals surface area contributed by atoms with E-state index in [2.05, 4.69) is 10.3 Å². The lowest BCUT2D eigenvalue weighted by Crippen LogP contribution is -2.22. The van der Waals surface area contributed by atoms with Crippen molar-refractivity contribution < 1.29 is 13.9 Å². The van der Waals surface area contributed by atoms with Gasteiger partial charge < -0.3 is 14.5 Å². The SMILES string of the molecule is CCOc1cccc(C(=O)NCc2cn3cc(F)ccc3n2)c1. The molecule has 0 aliphatic rings. The van der Waals surface area contributed by atoms with Gasteiger partial charge in [0.1, 0.15) is 17.2 Å². The number of nitrogens with zero attached hydrogens (tertiary/aromatic N) is 2. The fourth-order valence-electron chi connectivity index (χ4n) is 2.27. The van der Waals surface area contributed by atoms with E-state index in [-0.39, 0.29) is 18.3 Å². The molecule has 3 aromatic rings. The predicted molar refractivity (Wildman–Crippen MR) is 83.9 cm³/mol. The van der Waals surface area contributed by atoms with Gasteiger partial charge in [0.15, 0.2) is 0 Å². The van der Waals surface area contributed by atoms with E-state index >= 15 is 0 Å². The smallest absolute Gasteiger partial charge is 0.251 e. The van der Waals surface area contributed by atoms with Gasteiger partial charge >= 0.3 is 0 Å². The standard InChI is InChI=1S/C17H16FN3O2/c1-2-23-15-5-3-4-12(8-15)17(22)19-9-14-11-21-10-13(18)6-7-16(21)20-14/h3-8,10-11H,2,9H2,1H3,(H,19,22). The number of fused-ring (bicyclic) bond motifs is 1. The van der Waals surface area contributed by atoms with Gasteiger partial charge in [-0.15, -0.1) is 0 Å². The number of pyridine rings is 1. The number of hydrogen-bond donors (Lipinski definition) is 1. The summed E-state index contributed by atoms with van der Waals surface area (Å²) in [7, 11) is 0. The highest BCUT2D eigenvalue weighted by molar-refractivity contribution is 5.94. The molecule has 0 atom stereocenters. The van der Waals surface area contributed by atoms with Crippen molar-refractivity contribution >= 4 is 11.6 Å². The highest BCUT2D eigenvalue weighted by atomic mass is 19.1. The molecule has 1 N–H and O–H groups in total. The van der Waals surface area contributed by atoms with Gasteiger partial charge in [-0.25, -0.2) is 9.37 Å². The Morgan fingerprint density at radius 2 is 2.17 bits per heavy atom. The molecule has 0 spiro atoms. The average Bonchev–Trinajstić information content (AvgIpc) is 2.95. The maximum absolute atomic E-state index is 13.2. The summed E-state index contributed by atoms with van der Waals surface area (Å²) >= 11 is 0. The molecule has 0 unspecified atom stereocenters. The fraction of sp³-hybridized carbons (Fsp3) is 0.176. The highest BCUT2D eigenvalue weighted by Crippen LogP contribution is 2.13. The highest BCUT2D eigenvalue weighted by Gasteiger charge is 2.08. The zero-order chi connectivity index (χ0) is 16.2. The molecule has 1 aromatic carbocycles. The minimum atomic E-state index is -0.335. The second kappa shape index (κ2) is 6.48. The Balaban J connectivity index is 1.69. The minimum absolute atomic E-state index is 0.213. The van der Waals surface area contributed by atoms with Crippen LogP contribution >= 0.6 is 0 Å². The van der Waals surface area contributed by atoms with Crippen LogP contribution in [-0.2, 0) is 6.54 Å². The first kappa shape index (κ1) is 15.0. The Bertz CT molecular complexity index is 845. The summed E-state index contributed by atoms with van der Waals surface area (Å²) in [6.07, 6.45) is 3.04. The Kier molecular flexibility index (Phi) is 4.23. The Morgan fingerprint density at radius 3 is 3.00 bits per heavy atom. The molecular formula is C17H16FN3O2. The van der Waals surface area contributed by atoms with E-state index < -0.39 is 0 Å². The molecule has 23 heavy (non-hydrogen) atoms. The largest absolute Gasteiger partial charge is 0.494 e. The molecule has 0 radical (unpaired) electrons. The summed E-state index contributed by atoms with van der Waals surface area (Å²) in [5.74, 6) is 0.108. The Labute approximate surface area is 132 Å². The van der Waals surface area contributed by atoms with E-state index in [1.165, 1.54) is 12.3 Å². The maximum atomic E-state index is 13.2. The van der Waals surface area contributed by atoms with Crippen LogP contribution in [-0.4, -0.2) is 21.9 Å². The first-order valence-corrected chi connectivity index (χ1v) is 7.30. The molecule has 118 valence electrons. The third kappa shape index (κ3) is 3.48. The zero-order valence-corrected chi connectivity index (χ0v) is 12.6. The van der Waals surface area contributed by atoms with Crippen LogP contribution in [0.4, 0.5) is 4.39 Å². The summed E-state index contributed by atoms with van der Waals surface area (Å²) in [6.45, 7) is 2.70. The van der Waals surface area contributed by atoms with Gasteiger partial charge in [0.2, 0.25) is 0 Å². The van der Waals surface area contributed by atoms with Crippen molar-refractivity contribution in [1.29, 1.82) is 0 Å². The van der Waals surface area contributed by atoms with Crippen LogP contribution in [0.3, 0.4) is 0 Å². The summed E-state index contributed by atoms with van der Waals surface area (Å²) in [4.78, 5) is 16.5. The molecule has 1 amide bonds. The van der Waals surface area contributed by atoms with Crippen molar-refractivity contribution in [3.63, 3.8) is 0 Å². The monoisotopic (exact) mass is 313 g/mol. The van der Waals surface area contributed by atoms with Crippen molar-refractivity contribution in [1.82, 2.24) is 14.7 Å². The average molecular weight is 313 g/mol. The molecule has 0 aliphatic heterocycles. The van der Waals surface area contributed by atoms with Crippen LogP contribution in [0.5, 0.6) is 5.75 Å². The molecule has 5 nitrogen and oxygen atoms in total. The van der Waals surface area contributed by atoms with Gasteiger partial charge in [-0.2, -0.15) is 0 Å². The zero-order valence-electron chi connectivity index (χ0n) is 12.6. The van der Waals surface area contributed by atoms with Crippen molar-refractivity contribution in [2.75, 3.05) is 6.61 Å². The minimum Gasteiger partial charge on any atom is -0.494 e. The van der Waals surface area contributed by atoms with Gasteiger partial charge in [0.05, 0.1) is 18.8 Å². The molecular weight excluding hydrogens is 297 g/mol. The van der Waals surface area contributed by atoms with Crippen LogP contribution in [0, 0.1) is 5.82 Å².